The Kier molecular flexibility index (Phi) is 6.20. The molecule has 0 aliphatic heterocycles. The third kappa shape index (κ3) is 4.28. The van der Waals surface area contributed by atoms with Crippen LogP contribution in [0.5, 0.6) is 5.75 Å². The van der Waals surface area contributed by atoms with Crippen LogP contribution in [0, 0.1) is 11.6 Å². The topological polar surface area (TPSA) is 57.0 Å². The number of Topliss-reactive ketones (excluding diaryl/α,β-unsaturated/α-hetero) is 1. The minimum Gasteiger partial charge on any atom is -0.494 e. The van der Waals surface area contributed by atoms with Crippen molar-refractivity contribution >= 4 is 17.5 Å². The Hall–Kier alpha value is -3.00. The summed E-state index contributed by atoms with van der Waals surface area (Å²) in [5.74, 6) is -0.491. The SMILES string of the molecule is C=CCn1c(SCC(=O)c2ccc(OC)c(F)c2)nnc1-c1ccc(F)cc1. The van der Waals surface area contributed by atoms with Gasteiger partial charge in [0, 0.05) is 17.7 Å². The number of rotatable bonds is 8. The third-order valence-electron chi connectivity index (χ3n) is 3.94. The molecule has 0 fully saturated rings. The molecule has 0 radical (unpaired) electrons. The highest BCUT2D eigenvalue weighted by Gasteiger charge is 2.16. The smallest absolute Gasteiger partial charge is 0.192 e. The van der Waals surface area contributed by atoms with Gasteiger partial charge in [0.25, 0.3) is 0 Å². The van der Waals surface area contributed by atoms with Crippen molar-refractivity contribution in [3.8, 4) is 17.1 Å². The van der Waals surface area contributed by atoms with E-state index in [2.05, 4.69) is 16.8 Å². The quantitative estimate of drug-likeness (QED) is 0.318. The molecule has 8 heteroatoms. The number of halogens is 2. The van der Waals surface area contributed by atoms with E-state index in [0.29, 0.717) is 23.1 Å². The average molecular weight is 401 g/mol. The summed E-state index contributed by atoms with van der Waals surface area (Å²) in [6.45, 7) is 4.15. The number of nitrogens with zero attached hydrogens (tertiary/aromatic N) is 3. The zero-order valence-corrected chi connectivity index (χ0v) is 15.9. The van der Waals surface area contributed by atoms with E-state index < -0.39 is 5.82 Å². The number of ether oxygens (including phenoxy) is 1. The minimum atomic E-state index is -0.591. The van der Waals surface area contributed by atoms with Gasteiger partial charge >= 0.3 is 0 Å². The summed E-state index contributed by atoms with van der Waals surface area (Å²) in [6, 6.07) is 9.99. The summed E-state index contributed by atoms with van der Waals surface area (Å²) in [5.41, 5.74) is 0.950. The van der Waals surface area contributed by atoms with E-state index in [1.165, 1.54) is 43.1 Å². The lowest BCUT2D eigenvalue weighted by atomic mass is 10.1. The van der Waals surface area contributed by atoms with Crippen LogP contribution in [-0.4, -0.2) is 33.4 Å². The van der Waals surface area contributed by atoms with Crippen molar-refractivity contribution in [2.24, 2.45) is 0 Å². The average Bonchev–Trinajstić information content (AvgIpc) is 3.09. The third-order valence-corrected chi connectivity index (χ3v) is 4.90. The van der Waals surface area contributed by atoms with Gasteiger partial charge in [-0.25, -0.2) is 8.78 Å². The van der Waals surface area contributed by atoms with Gasteiger partial charge in [-0.15, -0.1) is 16.8 Å². The number of ketones is 1. The zero-order chi connectivity index (χ0) is 20.1. The molecule has 3 rings (SSSR count). The van der Waals surface area contributed by atoms with Crippen molar-refractivity contribution in [1.82, 2.24) is 14.8 Å². The Morgan fingerprint density at radius 2 is 1.96 bits per heavy atom. The fourth-order valence-corrected chi connectivity index (χ4v) is 3.40. The lowest BCUT2D eigenvalue weighted by Gasteiger charge is -2.08. The summed E-state index contributed by atoms with van der Waals surface area (Å²) in [7, 11) is 1.36. The van der Waals surface area contributed by atoms with Gasteiger partial charge in [-0.1, -0.05) is 17.8 Å². The molecular weight excluding hydrogens is 384 g/mol. The number of carbonyl (C=O) groups is 1. The normalized spacial score (nSPS) is 10.7. The maximum absolute atomic E-state index is 13.8. The largest absolute Gasteiger partial charge is 0.494 e. The van der Waals surface area contributed by atoms with Crippen LogP contribution in [0.2, 0.25) is 0 Å². The van der Waals surface area contributed by atoms with Gasteiger partial charge in [-0.05, 0) is 42.5 Å². The van der Waals surface area contributed by atoms with E-state index in [-0.39, 0.29) is 28.7 Å². The highest BCUT2D eigenvalue weighted by Crippen LogP contribution is 2.25. The number of allylic oxidation sites excluding steroid dienone is 1. The van der Waals surface area contributed by atoms with E-state index in [4.69, 9.17) is 4.74 Å². The van der Waals surface area contributed by atoms with E-state index in [0.717, 1.165) is 6.07 Å². The van der Waals surface area contributed by atoms with E-state index >= 15 is 0 Å². The number of thioether (sulfide) groups is 1. The van der Waals surface area contributed by atoms with Crippen LogP contribution in [-0.2, 0) is 6.54 Å². The van der Waals surface area contributed by atoms with Gasteiger partial charge in [0.2, 0.25) is 0 Å². The summed E-state index contributed by atoms with van der Waals surface area (Å²) in [5, 5.41) is 8.80. The Morgan fingerprint density at radius 1 is 1.21 bits per heavy atom. The molecule has 0 spiro atoms. The molecule has 0 unspecified atom stereocenters. The van der Waals surface area contributed by atoms with E-state index in [1.54, 1.807) is 22.8 Å². The fraction of sp³-hybridized carbons (Fsp3) is 0.150. The maximum Gasteiger partial charge on any atom is 0.192 e. The van der Waals surface area contributed by atoms with Gasteiger partial charge < -0.3 is 4.74 Å². The predicted molar refractivity (Wildman–Crippen MR) is 104 cm³/mol. The van der Waals surface area contributed by atoms with Crippen molar-refractivity contribution < 1.29 is 18.3 Å². The summed E-state index contributed by atoms with van der Waals surface area (Å²) in [4.78, 5) is 12.4. The second kappa shape index (κ2) is 8.79. The number of methoxy groups -OCH3 is 1. The first-order chi connectivity index (χ1) is 13.5. The fourth-order valence-electron chi connectivity index (χ4n) is 2.55. The van der Waals surface area contributed by atoms with Crippen LogP contribution in [0.4, 0.5) is 8.78 Å². The molecule has 3 aromatic rings. The molecule has 144 valence electrons. The van der Waals surface area contributed by atoms with Crippen LogP contribution in [0.15, 0.2) is 60.3 Å². The van der Waals surface area contributed by atoms with E-state index in [9.17, 15) is 13.6 Å². The molecule has 0 amide bonds. The van der Waals surface area contributed by atoms with Crippen molar-refractivity contribution in [3.05, 3.63) is 72.3 Å². The van der Waals surface area contributed by atoms with Gasteiger partial charge in [-0.3, -0.25) is 9.36 Å². The first-order valence-corrected chi connectivity index (χ1v) is 9.31. The molecule has 28 heavy (non-hydrogen) atoms. The molecule has 1 heterocycles. The van der Waals surface area contributed by atoms with Crippen molar-refractivity contribution in [1.29, 1.82) is 0 Å². The molecule has 0 bridgehead atoms. The summed E-state index contributed by atoms with van der Waals surface area (Å²) < 4.78 is 33.6. The van der Waals surface area contributed by atoms with Crippen LogP contribution < -0.4 is 4.74 Å². The Bertz CT molecular complexity index is 1000. The molecule has 1 aromatic heterocycles. The van der Waals surface area contributed by atoms with Gasteiger partial charge in [-0.2, -0.15) is 0 Å². The first-order valence-electron chi connectivity index (χ1n) is 8.33. The Morgan fingerprint density at radius 3 is 2.61 bits per heavy atom. The Balaban J connectivity index is 1.78. The minimum absolute atomic E-state index is 0.0600. The number of hydrogen-bond acceptors (Lipinski definition) is 5. The molecule has 2 aromatic carbocycles. The van der Waals surface area contributed by atoms with Gasteiger partial charge in [0.1, 0.15) is 5.82 Å². The predicted octanol–water partition coefficient (Wildman–Crippen LogP) is 4.39. The lowest BCUT2D eigenvalue weighted by Crippen LogP contribution is -2.06. The number of benzene rings is 2. The second-order valence-electron chi connectivity index (χ2n) is 5.77. The molecule has 0 atom stereocenters. The molecule has 0 aliphatic carbocycles. The van der Waals surface area contributed by atoms with Gasteiger partial charge in [0.05, 0.1) is 12.9 Å². The lowest BCUT2D eigenvalue weighted by molar-refractivity contribution is 0.102. The van der Waals surface area contributed by atoms with Crippen molar-refractivity contribution in [3.63, 3.8) is 0 Å². The van der Waals surface area contributed by atoms with Crippen molar-refractivity contribution in [2.75, 3.05) is 12.9 Å². The monoisotopic (exact) mass is 401 g/mol. The van der Waals surface area contributed by atoms with E-state index in [1.807, 2.05) is 0 Å². The molecule has 0 N–H and O–H groups in total. The molecular formula is C20H17F2N3O2S. The molecule has 5 nitrogen and oxygen atoms in total. The highest BCUT2D eigenvalue weighted by atomic mass is 32.2. The van der Waals surface area contributed by atoms with Crippen molar-refractivity contribution in [2.45, 2.75) is 11.7 Å². The Labute approximate surface area is 165 Å². The first kappa shape index (κ1) is 19.8. The summed E-state index contributed by atoms with van der Waals surface area (Å²) >= 11 is 1.19. The standard InChI is InChI=1S/C20H17F2N3O2S/c1-3-10-25-19(13-4-7-15(21)8-5-13)23-24-20(25)28-12-17(26)14-6-9-18(27-2)16(22)11-14/h3-9,11H,1,10,12H2,2H3. The van der Waals surface area contributed by atoms with Crippen LogP contribution >= 0.6 is 11.8 Å². The van der Waals surface area contributed by atoms with Crippen LogP contribution in [0.25, 0.3) is 11.4 Å². The van der Waals surface area contributed by atoms with Crippen LogP contribution in [0.3, 0.4) is 0 Å². The van der Waals surface area contributed by atoms with Crippen LogP contribution in [0.1, 0.15) is 10.4 Å². The summed E-state index contributed by atoms with van der Waals surface area (Å²) in [6.07, 6.45) is 1.68. The molecule has 0 saturated heterocycles. The number of aromatic nitrogens is 3. The maximum atomic E-state index is 13.8. The van der Waals surface area contributed by atoms with Gasteiger partial charge in [0.15, 0.2) is 28.3 Å². The molecule has 0 saturated carbocycles. The number of carbonyl (C=O) groups excluding carboxylic acids is 1. The molecule has 0 aliphatic rings. The second-order valence-corrected chi connectivity index (χ2v) is 6.72. The zero-order valence-electron chi connectivity index (χ0n) is 15.1. The number of hydrogen-bond donors (Lipinski definition) is 0. The highest BCUT2D eigenvalue weighted by molar-refractivity contribution is 7.99.